The van der Waals surface area contributed by atoms with E-state index in [9.17, 15) is 8.42 Å². The molecule has 11 heteroatoms. The summed E-state index contributed by atoms with van der Waals surface area (Å²) in [5.41, 5.74) is 0.750. The number of carboxylic acid groups (broad SMARTS) is 2. The number of carbonyl (C=O) groups is 2. The van der Waals surface area contributed by atoms with Crippen molar-refractivity contribution in [1.29, 1.82) is 0 Å². The van der Waals surface area contributed by atoms with Crippen LogP contribution in [0.15, 0.2) is 5.03 Å². The van der Waals surface area contributed by atoms with Crippen LogP contribution in [-0.2, 0) is 19.4 Å². The predicted molar refractivity (Wildman–Crippen MR) is 94.0 cm³/mol. The Labute approximate surface area is 156 Å². The SMILES string of the molecule is CCCCS(=O)(=O)c1nsnc1[C@@H]1CN2CCC[C@@H]1C2.O=C(O)C(=O)O. The second kappa shape index (κ2) is 8.87. The molecule has 2 saturated heterocycles. The lowest BCUT2D eigenvalue weighted by Gasteiger charge is -2.21. The van der Waals surface area contributed by atoms with E-state index in [4.69, 9.17) is 19.8 Å². The molecule has 3 rings (SSSR count). The first-order chi connectivity index (χ1) is 12.3. The smallest absolute Gasteiger partial charge is 0.414 e. The molecule has 9 nitrogen and oxygen atoms in total. The molecule has 0 amide bonds. The van der Waals surface area contributed by atoms with E-state index in [1.54, 1.807) is 0 Å². The van der Waals surface area contributed by atoms with Gasteiger partial charge in [0.05, 0.1) is 23.2 Å². The third kappa shape index (κ3) is 4.98. The van der Waals surface area contributed by atoms with Crippen LogP contribution in [0.1, 0.15) is 44.2 Å². The van der Waals surface area contributed by atoms with Crippen molar-refractivity contribution in [3.05, 3.63) is 5.69 Å². The van der Waals surface area contributed by atoms with E-state index in [0.29, 0.717) is 12.3 Å². The number of carboxylic acids is 2. The molecule has 146 valence electrons. The summed E-state index contributed by atoms with van der Waals surface area (Å²) in [5.74, 6) is -2.62. The molecule has 3 heterocycles. The van der Waals surface area contributed by atoms with Gasteiger partial charge >= 0.3 is 11.9 Å². The number of rotatable bonds is 5. The van der Waals surface area contributed by atoms with Crippen molar-refractivity contribution in [3.8, 4) is 0 Å². The highest BCUT2D eigenvalue weighted by Gasteiger charge is 2.40. The van der Waals surface area contributed by atoms with Gasteiger partial charge in [0.1, 0.15) is 0 Å². The minimum absolute atomic E-state index is 0.197. The normalized spacial score (nSPS) is 24.6. The Balaban J connectivity index is 0.000000352. The number of sulfone groups is 1. The molecule has 0 saturated carbocycles. The van der Waals surface area contributed by atoms with Gasteiger partial charge in [0, 0.05) is 19.0 Å². The van der Waals surface area contributed by atoms with E-state index >= 15 is 0 Å². The second-order valence-corrected chi connectivity index (χ2v) is 9.06. The molecule has 3 atom stereocenters. The van der Waals surface area contributed by atoms with Gasteiger partial charge in [-0.2, -0.15) is 8.75 Å². The minimum Gasteiger partial charge on any atom is -0.473 e. The summed E-state index contributed by atoms with van der Waals surface area (Å²) in [6.07, 6.45) is 3.98. The van der Waals surface area contributed by atoms with E-state index in [1.165, 1.54) is 12.8 Å². The van der Waals surface area contributed by atoms with Crippen LogP contribution in [0.2, 0.25) is 0 Å². The number of aliphatic carboxylic acids is 2. The predicted octanol–water partition coefficient (Wildman–Crippen LogP) is 1.08. The Morgan fingerprint density at radius 3 is 2.50 bits per heavy atom. The Hall–Kier alpha value is -1.59. The Morgan fingerprint density at radius 2 is 1.92 bits per heavy atom. The average molecular weight is 405 g/mol. The summed E-state index contributed by atoms with van der Waals surface area (Å²) in [5, 5.41) is 15.1. The van der Waals surface area contributed by atoms with Gasteiger partial charge in [-0.3, -0.25) is 0 Å². The van der Waals surface area contributed by atoms with Crippen molar-refractivity contribution in [3.63, 3.8) is 0 Å². The molecule has 2 aliphatic heterocycles. The van der Waals surface area contributed by atoms with Gasteiger partial charge in [-0.05, 0) is 31.7 Å². The zero-order valence-corrected chi connectivity index (χ0v) is 16.1. The highest BCUT2D eigenvalue weighted by atomic mass is 32.2. The van der Waals surface area contributed by atoms with Crippen molar-refractivity contribution in [2.24, 2.45) is 5.92 Å². The van der Waals surface area contributed by atoms with Gasteiger partial charge in [0.15, 0.2) is 14.9 Å². The molecule has 1 aromatic heterocycles. The van der Waals surface area contributed by atoms with E-state index in [-0.39, 0.29) is 16.7 Å². The lowest BCUT2D eigenvalue weighted by atomic mass is 9.89. The molecule has 1 aromatic rings. The first kappa shape index (κ1) is 20.7. The fourth-order valence-electron chi connectivity index (χ4n) is 3.38. The first-order valence-electron chi connectivity index (χ1n) is 8.50. The molecule has 0 spiro atoms. The van der Waals surface area contributed by atoms with Gasteiger partial charge in [-0.1, -0.05) is 13.3 Å². The van der Waals surface area contributed by atoms with E-state index in [2.05, 4.69) is 13.6 Å². The van der Waals surface area contributed by atoms with Gasteiger partial charge in [-0.25, -0.2) is 18.0 Å². The third-order valence-electron chi connectivity index (χ3n) is 4.64. The Morgan fingerprint density at radius 1 is 1.23 bits per heavy atom. The average Bonchev–Trinajstić information content (AvgIpc) is 3.18. The van der Waals surface area contributed by atoms with Gasteiger partial charge in [-0.15, -0.1) is 0 Å². The lowest BCUT2D eigenvalue weighted by Crippen LogP contribution is -2.25. The van der Waals surface area contributed by atoms with Crippen molar-refractivity contribution in [1.82, 2.24) is 13.6 Å². The number of unbranched alkanes of at least 4 members (excludes halogenated alkanes) is 1. The fraction of sp³-hybridized carbons (Fsp3) is 0.733. The molecule has 1 unspecified atom stereocenters. The van der Waals surface area contributed by atoms with Crippen molar-refractivity contribution in [2.45, 2.75) is 43.6 Å². The summed E-state index contributed by atoms with van der Waals surface area (Å²) in [7, 11) is -3.26. The summed E-state index contributed by atoms with van der Waals surface area (Å²) < 4.78 is 33.3. The van der Waals surface area contributed by atoms with Crippen LogP contribution in [0.5, 0.6) is 0 Å². The maximum Gasteiger partial charge on any atom is 0.414 e. The molecule has 0 aromatic carbocycles. The zero-order chi connectivity index (χ0) is 19.3. The lowest BCUT2D eigenvalue weighted by molar-refractivity contribution is -0.159. The molecule has 2 aliphatic rings. The topological polar surface area (TPSA) is 138 Å². The van der Waals surface area contributed by atoms with Crippen LogP contribution < -0.4 is 0 Å². The van der Waals surface area contributed by atoms with E-state index in [1.807, 2.05) is 6.92 Å². The van der Waals surface area contributed by atoms with Crippen molar-refractivity contribution in [2.75, 3.05) is 25.4 Å². The monoisotopic (exact) mass is 405 g/mol. The summed E-state index contributed by atoms with van der Waals surface area (Å²) >= 11 is 1.05. The summed E-state index contributed by atoms with van der Waals surface area (Å²) in [4.78, 5) is 20.6. The van der Waals surface area contributed by atoms with Crippen LogP contribution in [0.25, 0.3) is 0 Å². The van der Waals surface area contributed by atoms with E-state index < -0.39 is 21.8 Å². The fourth-order valence-corrected chi connectivity index (χ4v) is 5.89. The second-order valence-electron chi connectivity index (χ2n) is 6.51. The van der Waals surface area contributed by atoms with Crippen LogP contribution >= 0.6 is 11.7 Å². The van der Waals surface area contributed by atoms with Crippen LogP contribution in [0.3, 0.4) is 0 Å². The van der Waals surface area contributed by atoms with Crippen LogP contribution in [0.4, 0.5) is 0 Å². The number of piperidine rings is 1. The van der Waals surface area contributed by atoms with Crippen LogP contribution in [-0.4, -0.2) is 69.6 Å². The first-order valence-corrected chi connectivity index (χ1v) is 10.9. The quantitative estimate of drug-likeness (QED) is 0.689. The molecule has 0 radical (unpaired) electrons. The van der Waals surface area contributed by atoms with Crippen LogP contribution in [0, 0.1) is 5.92 Å². The molecule has 0 aliphatic carbocycles. The highest BCUT2D eigenvalue weighted by Crippen LogP contribution is 2.40. The Kier molecular flexibility index (Phi) is 7.07. The number of nitrogens with zero attached hydrogens (tertiary/aromatic N) is 3. The molecule has 2 N–H and O–H groups in total. The van der Waals surface area contributed by atoms with Gasteiger partial charge in [0.2, 0.25) is 0 Å². The third-order valence-corrected chi connectivity index (χ3v) is 7.02. The molecular formula is C15H23N3O6S2. The Bertz CT molecular complexity index is 736. The maximum absolute atomic E-state index is 12.4. The van der Waals surface area contributed by atoms with E-state index in [0.717, 1.165) is 43.5 Å². The highest BCUT2D eigenvalue weighted by molar-refractivity contribution is 7.91. The molecule has 2 bridgehead atoms. The van der Waals surface area contributed by atoms with Crippen molar-refractivity contribution < 1.29 is 28.2 Å². The number of aromatic nitrogens is 2. The minimum atomic E-state index is -3.26. The molecule has 26 heavy (non-hydrogen) atoms. The molecule has 2 fully saturated rings. The standard InChI is InChI=1S/C13H21N3O2S2.C2H2O4/c1-2-3-7-20(17,18)13-12(14-19-15-13)11-9-16-6-4-5-10(11)8-16;3-1(4)2(5)6/h10-11H,2-9H2,1H3;(H,3,4)(H,5,6)/t10-,11-;/m1./s1. The number of hydrogen-bond acceptors (Lipinski definition) is 8. The summed E-state index contributed by atoms with van der Waals surface area (Å²) in [6, 6.07) is 0. The number of fused-ring (bicyclic) bond motifs is 2. The van der Waals surface area contributed by atoms with Gasteiger partial charge in [0.25, 0.3) is 0 Å². The van der Waals surface area contributed by atoms with Gasteiger partial charge < -0.3 is 15.1 Å². The maximum atomic E-state index is 12.4. The molecular weight excluding hydrogens is 382 g/mol. The number of hydrogen-bond donors (Lipinski definition) is 2. The zero-order valence-electron chi connectivity index (χ0n) is 14.5. The largest absolute Gasteiger partial charge is 0.473 e. The summed E-state index contributed by atoms with van der Waals surface area (Å²) in [6.45, 7) is 5.19. The van der Waals surface area contributed by atoms with Crippen molar-refractivity contribution >= 4 is 33.5 Å².